The molecule has 0 unspecified atom stereocenters. The monoisotopic (exact) mass is 393 g/mol. The molecule has 0 saturated carbocycles. The van der Waals surface area contributed by atoms with E-state index >= 15 is 0 Å². The minimum absolute atomic E-state index is 0. The Balaban J connectivity index is 0.00000261. The van der Waals surface area contributed by atoms with Gasteiger partial charge in [0.05, 0.1) is 12.0 Å². The van der Waals surface area contributed by atoms with Crippen molar-refractivity contribution in [2.45, 2.75) is 19.6 Å². The van der Waals surface area contributed by atoms with Crippen LogP contribution in [0.2, 0.25) is 0 Å². The Labute approximate surface area is 162 Å². The van der Waals surface area contributed by atoms with Crippen molar-refractivity contribution in [3.63, 3.8) is 0 Å². The standard InChI is InChI=1S/C18H19N3O5.ClH/c1-25-17-7-15(4-5-16(17)21(23)24)26-11-18(22)20-8-12-2-3-13-9-19-10-14(13)6-12;/h2-7,19H,8-11H2,1H3,(H,20,22);1H. The Hall–Kier alpha value is -2.84. The molecular weight excluding hydrogens is 374 g/mol. The van der Waals surface area contributed by atoms with Gasteiger partial charge in [-0.25, -0.2) is 0 Å². The molecule has 0 fully saturated rings. The Morgan fingerprint density at radius 1 is 1.22 bits per heavy atom. The summed E-state index contributed by atoms with van der Waals surface area (Å²) >= 11 is 0. The minimum atomic E-state index is -0.540. The largest absolute Gasteiger partial charge is 0.490 e. The lowest BCUT2D eigenvalue weighted by Gasteiger charge is -2.09. The van der Waals surface area contributed by atoms with Gasteiger partial charge in [0, 0.05) is 31.8 Å². The van der Waals surface area contributed by atoms with Gasteiger partial charge < -0.3 is 20.1 Å². The van der Waals surface area contributed by atoms with Crippen molar-refractivity contribution in [3.8, 4) is 11.5 Å². The smallest absolute Gasteiger partial charge is 0.311 e. The number of hydrogen-bond donors (Lipinski definition) is 2. The van der Waals surface area contributed by atoms with Crippen LogP contribution in [0.4, 0.5) is 5.69 Å². The first-order valence-electron chi connectivity index (χ1n) is 8.10. The summed E-state index contributed by atoms with van der Waals surface area (Å²) in [6.07, 6.45) is 0. The maximum atomic E-state index is 12.0. The SMILES string of the molecule is COc1cc(OCC(=O)NCc2ccc3c(c2)CNC3)ccc1[N+](=O)[O-].Cl. The first kappa shape index (κ1) is 20.5. The van der Waals surface area contributed by atoms with Crippen LogP contribution in [-0.2, 0) is 24.4 Å². The molecule has 0 radical (unpaired) electrons. The molecule has 1 aliphatic heterocycles. The summed E-state index contributed by atoms with van der Waals surface area (Å²) in [4.78, 5) is 22.3. The molecule has 2 aromatic carbocycles. The van der Waals surface area contributed by atoms with Gasteiger partial charge in [-0.1, -0.05) is 18.2 Å². The summed E-state index contributed by atoms with van der Waals surface area (Å²) in [5.74, 6) is 0.131. The summed E-state index contributed by atoms with van der Waals surface area (Å²) in [5, 5.41) is 16.9. The van der Waals surface area contributed by atoms with Gasteiger partial charge in [0.2, 0.25) is 5.75 Å². The maximum Gasteiger partial charge on any atom is 0.311 e. The molecule has 1 heterocycles. The fraction of sp³-hybridized carbons (Fsp3) is 0.278. The van der Waals surface area contributed by atoms with Crippen molar-refractivity contribution in [3.05, 3.63) is 63.2 Å². The number of carbonyl (C=O) groups excluding carboxylic acids is 1. The normalized spacial score (nSPS) is 11.9. The van der Waals surface area contributed by atoms with Gasteiger partial charge in [-0.05, 0) is 22.8 Å². The molecule has 9 heteroatoms. The number of halogens is 1. The number of fused-ring (bicyclic) bond motifs is 1. The average molecular weight is 394 g/mol. The highest BCUT2D eigenvalue weighted by Gasteiger charge is 2.16. The van der Waals surface area contributed by atoms with Crippen LogP contribution in [0.15, 0.2) is 36.4 Å². The van der Waals surface area contributed by atoms with Gasteiger partial charge in [-0.3, -0.25) is 14.9 Å². The van der Waals surface area contributed by atoms with E-state index < -0.39 is 4.92 Å². The van der Waals surface area contributed by atoms with Crippen molar-refractivity contribution in [1.29, 1.82) is 0 Å². The van der Waals surface area contributed by atoms with Gasteiger partial charge in [0.25, 0.3) is 5.91 Å². The molecule has 0 bridgehead atoms. The molecule has 2 N–H and O–H groups in total. The van der Waals surface area contributed by atoms with Gasteiger partial charge in [-0.2, -0.15) is 0 Å². The zero-order valence-corrected chi connectivity index (χ0v) is 15.5. The first-order valence-corrected chi connectivity index (χ1v) is 8.10. The summed E-state index contributed by atoms with van der Waals surface area (Å²) in [5.41, 5.74) is 3.41. The predicted molar refractivity (Wildman–Crippen MR) is 101 cm³/mol. The third kappa shape index (κ3) is 5.08. The second kappa shape index (κ2) is 9.20. The highest BCUT2D eigenvalue weighted by molar-refractivity contribution is 5.85. The zero-order chi connectivity index (χ0) is 18.5. The number of methoxy groups -OCH3 is 1. The lowest BCUT2D eigenvalue weighted by molar-refractivity contribution is -0.385. The minimum Gasteiger partial charge on any atom is -0.490 e. The molecule has 3 rings (SSSR count). The molecule has 0 atom stereocenters. The number of nitro benzene ring substituents is 1. The molecule has 0 spiro atoms. The molecular formula is C18H20ClN3O5. The Morgan fingerprint density at radius 2 is 2.00 bits per heavy atom. The van der Waals surface area contributed by atoms with Crippen LogP contribution in [0.25, 0.3) is 0 Å². The summed E-state index contributed by atoms with van der Waals surface area (Å²) in [6.45, 7) is 1.96. The van der Waals surface area contributed by atoms with Gasteiger partial charge in [-0.15, -0.1) is 12.4 Å². The van der Waals surface area contributed by atoms with Crippen molar-refractivity contribution < 1.29 is 19.2 Å². The Kier molecular flexibility index (Phi) is 6.98. The summed E-state index contributed by atoms with van der Waals surface area (Å²) in [6, 6.07) is 10.2. The maximum absolute atomic E-state index is 12.0. The van der Waals surface area contributed by atoms with E-state index in [0.29, 0.717) is 12.3 Å². The third-order valence-corrected chi connectivity index (χ3v) is 4.11. The number of nitro groups is 1. The number of hydrogen-bond acceptors (Lipinski definition) is 6. The lowest BCUT2D eigenvalue weighted by atomic mass is 10.1. The van der Waals surface area contributed by atoms with Crippen molar-refractivity contribution in [2.24, 2.45) is 0 Å². The van der Waals surface area contributed by atoms with E-state index in [-0.39, 0.29) is 36.4 Å². The fourth-order valence-corrected chi connectivity index (χ4v) is 2.76. The van der Waals surface area contributed by atoms with Crippen LogP contribution in [0.5, 0.6) is 11.5 Å². The van der Waals surface area contributed by atoms with E-state index in [0.717, 1.165) is 18.7 Å². The molecule has 0 aliphatic carbocycles. The van der Waals surface area contributed by atoms with E-state index in [1.54, 1.807) is 0 Å². The van der Waals surface area contributed by atoms with Crippen LogP contribution in [0.1, 0.15) is 16.7 Å². The molecule has 1 amide bonds. The van der Waals surface area contributed by atoms with Crippen LogP contribution in [0, 0.1) is 10.1 Å². The van der Waals surface area contributed by atoms with Crippen molar-refractivity contribution in [2.75, 3.05) is 13.7 Å². The quantitative estimate of drug-likeness (QED) is 0.552. The third-order valence-electron chi connectivity index (χ3n) is 4.11. The second-order valence-electron chi connectivity index (χ2n) is 5.86. The Bertz CT molecular complexity index is 844. The molecule has 2 aromatic rings. The molecule has 0 aromatic heterocycles. The molecule has 8 nitrogen and oxygen atoms in total. The average Bonchev–Trinajstić information content (AvgIpc) is 3.12. The van der Waals surface area contributed by atoms with Crippen molar-refractivity contribution >= 4 is 24.0 Å². The van der Waals surface area contributed by atoms with Gasteiger partial charge in [0.1, 0.15) is 5.75 Å². The van der Waals surface area contributed by atoms with Crippen LogP contribution >= 0.6 is 12.4 Å². The number of rotatable bonds is 7. The zero-order valence-electron chi connectivity index (χ0n) is 14.7. The lowest BCUT2D eigenvalue weighted by Crippen LogP contribution is -2.28. The van der Waals surface area contributed by atoms with Crippen molar-refractivity contribution in [1.82, 2.24) is 10.6 Å². The number of ether oxygens (including phenoxy) is 2. The topological polar surface area (TPSA) is 103 Å². The van der Waals surface area contributed by atoms with Crippen LogP contribution < -0.4 is 20.1 Å². The molecule has 1 aliphatic rings. The Morgan fingerprint density at radius 3 is 2.74 bits per heavy atom. The number of nitrogens with one attached hydrogen (secondary N) is 2. The summed E-state index contributed by atoms with van der Waals surface area (Å²) in [7, 11) is 1.34. The van der Waals surface area contributed by atoms with E-state index in [1.165, 1.54) is 36.4 Å². The van der Waals surface area contributed by atoms with Gasteiger partial charge in [0.15, 0.2) is 6.61 Å². The van der Waals surface area contributed by atoms with Crippen LogP contribution in [-0.4, -0.2) is 24.5 Å². The van der Waals surface area contributed by atoms with E-state index in [4.69, 9.17) is 9.47 Å². The number of amides is 1. The molecule has 27 heavy (non-hydrogen) atoms. The molecule has 0 saturated heterocycles. The van der Waals surface area contributed by atoms with E-state index in [9.17, 15) is 14.9 Å². The van der Waals surface area contributed by atoms with Crippen LogP contribution in [0.3, 0.4) is 0 Å². The van der Waals surface area contributed by atoms with Gasteiger partial charge >= 0.3 is 5.69 Å². The second-order valence-corrected chi connectivity index (χ2v) is 5.86. The number of nitrogens with zero attached hydrogens (tertiary/aromatic N) is 1. The summed E-state index contributed by atoms with van der Waals surface area (Å²) < 4.78 is 10.4. The van der Waals surface area contributed by atoms with E-state index in [2.05, 4.69) is 22.8 Å². The highest BCUT2D eigenvalue weighted by Crippen LogP contribution is 2.30. The fourth-order valence-electron chi connectivity index (χ4n) is 2.76. The highest BCUT2D eigenvalue weighted by atomic mass is 35.5. The number of benzene rings is 2. The molecule has 144 valence electrons. The van der Waals surface area contributed by atoms with E-state index in [1.807, 2.05) is 6.07 Å². The predicted octanol–water partition coefficient (Wildman–Crippen LogP) is 2.32. The first-order chi connectivity index (χ1) is 12.6. The number of carbonyl (C=O) groups is 1.